The highest BCUT2D eigenvalue weighted by atomic mass is 29.3. The molecule has 0 heterocycles. The summed E-state index contributed by atoms with van der Waals surface area (Å²) in [6.45, 7) is 30.5. The first-order valence-electron chi connectivity index (χ1n) is 10.1. The van der Waals surface area contributed by atoms with E-state index >= 15 is 0 Å². The highest BCUT2D eigenvalue weighted by molar-refractivity contribution is 7.38. The van der Waals surface area contributed by atoms with Crippen molar-refractivity contribution in [3.8, 4) is 0 Å². The molecule has 0 N–H and O–H groups in total. The van der Waals surface area contributed by atoms with Crippen LogP contribution in [0.3, 0.4) is 0 Å². The third-order valence-electron chi connectivity index (χ3n) is 4.35. The first-order valence-corrected chi connectivity index (χ1v) is 26.3. The van der Waals surface area contributed by atoms with Crippen molar-refractivity contribution in [3.63, 3.8) is 0 Å². The maximum absolute atomic E-state index is 11.7. The summed E-state index contributed by atoms with van der Waals surface area (Å²) in [4.78, 5) is 11.7. The lowest BCUT2D eigenvalue weighted by Crippen LogP contribution is -2.66. The van der Waals surface area contributed by atoms with Gasteiger partial charge in [-0.15, -0.1) is 0 Å². The molecule has 28 heavy (non-hydrogen) atoms. The zero-order valence-corrected chi connectivity index (χ0v) is 25.4. The van der Waals surface area contributed by atoms with E-state index in [1.165, 1.54) is 0 Å². The Balaban J connectivity index is 5.71. The van der Waals surface area contributed by atoms with Gasteiger partial charge in [0.05, 0.1) is 14.2 Å². The Kier molecular flexibility index (Phi) is 10.0. The highest BCUT2D eigenvalue weighted by Gasteiger charge is 2.53. The van der Waals surface area contributed by atoms with Crippen LogP contribution >= 0.6 is 0 Å². The lowest BCUT2D eigenvalue weighted by atomic mass is 10.4. The Hall–Kier alpha value is 0.174. The molecule has 0 aromatic rings. The van der Waals surface area contributed by atoms with Gasteiger partial charge in [-0.1, -0.05) is 26.2 Å². The van der Waals surface area contributed by atoms with Crippen LogP contribution in [0.15, 0.2) is 12.2 Å². The second kappa shape index (κ2) is 9.99. The van der Waals surface area contributed by atoms with Crippen molar-refractivity contribution in [1.29, 1.82) is 0 Å². The Labute approximate surface area is 178 Å². The molecule has 0 aliphatic rings. The minimum Gasteiger partial charge on any atom is -0.462 e. The number of esters is 1. The van der Waals surface area contributed by atoms with E-state index < -0.39 is 40.9 Å². The van der Waals surface area contributed by atoms with Crippen LogP contribution in [0.5, 0.6) is 0 Å². The molecule has 0 unspecified atom stereocenters. The van der Waals surface area contributed by atoms with Gasteiger partial charge in [0.25, 0.3) is 0 Å². The first-order chi connectivity index (χ1) is 12.2. The third-order valence-corrected chi connectivity index (χ3v) is 31.4. The molecule has 0 rings (SSSR count). The standard InChI is InChI=1S/C18H44O5Si5/c1-17(2)18(19)20-15-14-16-28(21-24(3,4)5,22-25(6,7)8)23-27(12,13)26(9,10)11/h1,14-16H2,2-13H3. The molecule has 0 saturated carbocycles. The van der Waals surface area contributed by atoms with Gasteiger partial charge in [0.1, 0.15) is 0 Å². The number of carbonyl (C=O) groups excluding carboxylic acids is 1. The highest BCUT2D eigenvalue weighted by Crippen LogP contribution is 2.33. The molecule has 166 valence electrons. The van der Waals surface area contributed by atoms with Crippen molar-refractivity contribution in [1.82, 2.24) is 0 Å². The van der Waals surface area contributed by atoms with Crippen LogP contribution in [-0.4, -0.2) is 53.4 Å². The summed E-state index contributed by atoms with van der Waals surface area (Å²) in [5, 5.41) is 0. The molecule has 0 aromatic carbocycles. The summed E-state index contributed by atoms with van der Waals surface area (Å²) in [6.07, 6.45) is 0.677. The normalized spacial score (nSPS) is 14.1. The second-order valence-electron chi connectivity index (χ2n) is 11.0. The molecule has 0 atom stereocenters. The van der Waals surface area contributed by atoms with Crippen molar-refractivity contribution in [2.75, 3.05) is 6.61 Å². The van der Waals surface area contributed by atoms with Crippen LogP contribution < -0.4 is 0 Å². The Morgan fingerprint density at radius 3 is 1.54 bits per heavy atom. The zero-order chi connectivity index (χ0) is 22.6. The Bertz CT molecular complexity index is 528. The maximum Gasteiger partial charge on any atom is 0.469 e. The zero-order valence-electron chi connectivity index (χ0n) is 20.4. The smallest absolute Gasteiger partial charge is 0.462 e. The topological polar surface area (TPSA) is 54.0 Å². The molecule has 0 bridgehead atoms. The number of carbonyl (C=O) groups is 1. The first kappa shape index (κ1) is 28.2. The average Bonchev–Trinajstić information content (AvgIpc) is 2.37. The number of hydrogen-bond donors (Lipinski definition) is 0. The minimum atomic E-state index is -2.90. The van der Waals surface area contributed by atoms with Gasteiger partial charge in [-0.2, -0.15) is 0 Å². The maximum atomic E-state index is 11.7. The van der Waals surface area contributed by atoms with E-state index in [4.69, 9.17) is 17.1 Å². The van der Waals surface area contributed by atoms with Crippen LogP contribution in [0.2, 0.25) is 78.1 Å². The predicted octanol–water partition coefficient (Wildman–Crippen LogP) is 5.78. The average molecular weight is 481 g/mol. The Morgan fingerprint density at radius 2 is 1.21 bits per heavy atom. The monoisotopic (exact) mass is 480 g/mol. The molecule has 0 radical (unpaired) electrons. The van der Waals surface area contributed by atoms with Crippen molar-refractivity contribution in [2.45, 2.75) is 91.4 Å². The van der Waals surface area contributed by atoms with Gasteiger partial charge in [0.15, 0.2) is 24.5 Å². The molecular formula is C18H44O5Si5. The molecule has 0 aliphatic heterocycles. The summed E-state index contributed by atoms with van der Waals surface area (Å²) in [5.74, 6) is -0.345. The van der Waals surface area contributed by atoms with Crippen LogP contribution in [0.25, 0.3) is 0 Å². The second-order valence-corrected chi connectivity index (χ2v) is 39.4. The summed E-state index contributed by atoms with van der Waals surface area (Å²) >= 11 is 0. The van der Waals surface area contributed by atoms with E-state index in [0.29, 0.717) is 24.6 Å². The van der Waals surface area contributed by atoms with Gasteiger partial charge >= 0.3 is 14.8 Å². The number of ether oxygens (including phenoxy) is 1. The predicted molar refractivity (Wildman–Crippen MR) is 132 cm³/mol. The third kappa shape index (κ3) is 10.8. The van der Waals surface area contributed by atoms with Crippen LogP contribution in [0.4, 0.5) is 0 Å². The van der Waals surface area contributed by atoms with Gasteiger partial charge in [-0.05, 0) is 65.7 Å². The SMILES string of the molecule is C=C(C)C(=O)OCCC[Si](O[Si](C)(C)C)(O[Si](C)(C)C)O[Si](C)(C)[Si](C)(C)C. The van der Waals surface area contributed by atoms with Crippen molar-refractivity contribution in [3.05, 3.63) is 12.2 Å². The number of rotatable bonds is 12. The van der Waals surface area contributed by atoms with Crippen LogP contribution in [0, 0.1) is 0 Å². The van der Waals surface area contributed by atoms with E-state index in [-0.39, 0.29) is 5.97 Å². The number of hydrogen-bond acceptors (Lipinski definition) is 5. The molecule has 0 amide bonds. The summed E-state index contributed by atoms with van der Waals surface area (Å²) in [7, 11) is -10.2. The molecular weight excluding hydrogens is 437 g/mol. The summed E-state index contributed by atoms with van der Waals surface area (Å²) in [6, 6.07) is 0.686. The quantitative estimate of drug-likeness (QED) is 0.153. The molecule has 0 saturated heterocycles. The lowest BCUT2D eigenvalue weighted by molar-refractivity contribution is -0.139. The fraction of sp³-hybridized carbons (Fsp3) is 0.833. The van der Waals surface area contributed by atoms with Crippen molar-refractivity contribution >= 4 is 46.8 Å². The van der Waals surface area contributed by atoms with Crippen LogP contribution in [0.1, 0.15) is 13.3 Å². The van der Waals surface area contributed by atoms with Crippen molar-refractivity contribution < 1.29 is 21.9 Å². The molecule has 10 heteroatoms. The molecule has 5 nitrogen and oxygen atoms in total. The summed E-state index contributed by atoms with van der Waals surface area (Å²) in [5.41, 5.74) is 0.420. The molecule has 0 aromatic heterocycles. The minimum absolute atomic E-state index is 0.336. The van der Waals surface area contributed by atoms with E-state index in [1.807, 2.05) is 0 Å². The lowest BCUT2D eigenvalue weighted by Gasteiger charge is -2.47. The fourth-order valence-corrected chi connectivity index (χ4v) is 21.6. The Morgan fingerprint density at radius 1 is 0.786 bits per heavy atom. The van der Waals surface area contributed by atoms with Gasteiger partial charge in [-0.3, -0.25) is 0 Å². The fourth-order valence-electron chi connectivity index (χ4n) is 2.27. The largest absolute Gasteiger partial charge is 0.469 e. The van der Waals surface area contributed by atoms with Gasteiger partial charge in [-0.25, -0.2) is 4.79 Å². The van der Waals surface area contributed by atoms with Gasteiger partial charge in [0, 0.05) is 11.6 Å². The molecule has 0 spiro atoms. The van der Waals surface area contributed by atoms with Gasteiger partial charge in [0.2, 0.25) is 0 Å². The van der Waals surface area contributed by atoms with E-state index in [1.54, 1.807) is 6.92 Å². The van der Waals surface area contributed by atoms with Gasteiger partial charge < -0.3 is 17.1 Å². The van der Waals surface area contributed by atoms with Crippen LogP contribution in [-0.2, 0) is 21.9 Å². The summed E-state index contributed by atoms with van der Waals surface area (Å²) < 4.78 is 25.8. The van der Waals surface area contributed by atoms with E-state index in [2.05, 4.69) is 78.6 Å². The van der Waals surface area contributed by atoms with E-state index in [9.17, 15) is 4.79 Å². The molecule has 0 fully saturated rings. The van der Waals surface area contributed by atoms with E-state index in [0.717, 1.165) is 0 Å². The van der Waals surface area contributed by atoms with Crippen molar-refractivity contribution in [2.24, 2.45) is 0 Å². The molecule has 0 aliphatic carbocycles.